The summed E-state index contributed by atoms with van der Waals surface area (Å²) in [4.78, 5) is 11.0. The van der Waals surface area contributed by atoms with Crippen molar-refractivity contribution in [2.75, 3.05) is 13.2 Å². The van der Waals surface area contributed by atoms with Crippen molar-refractivity contribution in [2.45, 2.75) is 19.4 Å². The molecule has 1 aliphatic rings. The highest BCUT2D eigenvalue weighted by Gasteiger charge is 2.25. The molecule has 0 spiro atoms. The van der Waals surface area contributed by atoms with E-state index in [9.17, 15) is 9.90 Å². The third kappa shape index (κ3) is 2.23. The number of fused-ring (bicyclic) bond motifs is 3. The molecule has 0 radical (unpaired) electrons. The Labute approximate surface area is 117 Å². The van der Waals surface area contributed by atoms with E-state index in [1.165, 1.54) is 6.92 Å². The van der Waals surface area contributed by atoms with Gasteiger partial charge in [0.15, 0.2) is 0 Å². The number of nitrogens with one attached hydrogen (secondary N) is 1. The van der Waals surface area contributed by atoms with Crippen LogP contribution in [0, 0.1) is 0 Å². The van der Waals surface area contributed by atoms with Gasteiger partial charge in [-0.05, 0) is 28.8 Å². The summed E-state index contributed by atoms with van der Waals surface area (Å²) < 4.78 is 5.50. The molecular formula is C16H17NO3. The van der Waals surface area contributed by atoms with Gasteiger partial charge >= 0.3 is 0 Å². The number of aliphatic hydroxyl groups is 1. The Balaban J connectivity index is 2.04. The van der Waals surface area contributed by atoms with Crippen LogP contribution in [0.1, 0.15) is 24.2 Å². The van der Waals surface area contributed by atoms with E-state index in [1.54, 1.807) is 0 Å². The zero-order valence-corrected chi connectivity index (χ0v) is 11.3. The minimum Gasteiger partial charge on any atom is -0.490 e. The predicted molar refractivity (Wildman–Crippen MR) is 76.8 cm³/mol. The molecule has 1 unspecified atom stereocenters. The fraction of sp³-hybridized carbons (Fsp3) is 0.312. The van der Waals surface area contributed by atoms with Gasteiger partial charge in [0.1, 0.15) is 18.5 Å². The van der Waals surface area contributed by atoms with Crippen LogP contribution >= 0.6 is 0 Å². The van der Waals surface area contributed by atoms with Crippen LogP contribution in [-0.4, -0.2) is 24.2 Å². The number of rotatable bonds is 3. The monoisotopic (exact) mass is 271 g/mol. The van der Waals surface area contributed by atoms with Gasteiger partial charge in [-0.25, -0.2) is 0 Å². The van der Waals surface area contributed by atoms with Crippen molar-refractivity contribution in [2.24, 2.45) is 0 Å². The lowest BCUT2D eigenvalue weighted by atomic mass is 9.95. The Kier molecular flexibility index (Phi) is 3.32. The molecule has 2 N–H and O–H groups in total. The van der Waals surface area contributed by atoms with Crippen molar-refractivity contribution in [3.63, 3.8) is 0 Å². The van der Waals surface area contributed by atoms with Crippen molar-refractivity contribution < 1.29 is 14.6 Å². The second kappa shape index (κ2) is 5.13. The predicted octanol–water partition coefficient (Wildman–Crippen LogP) is 1.94. The van der Waals surface area contributed by atoms with E-state index in [4.69, 9.17) is 4.74 Å². The van der Waals surface area contributed by atoms with Gasteiger partial charge in [0.05, 0.1) is 0 Å². The van der Waals surface area contributed by atoms with Gasteiger partial charge in [-0.1, -0.05) is 24.3 Å². The van der Waals surface area contributed by atoms with Gasteiger partial charge in [-0.2, -0.15) is 0 Å². The van der Waals surface area contributed by atoms with Crippen molar-refractivity contribution in [3.05, 3.63) is 41.5 Å². The molecule has 4 nitrogen and oxygen atoms in total. The molecule has 1 heterocycles. The maximum absolute atomic E-state index is 11.0. The summed E-state index contributed by atoms with van der Waals surface area (Å²) in [6, 6.07) is 9.98. The average Bonchev–Trinajstić information content (AvgIpc) is 2.80. The smallest absolute Gasteiger partial charge is 0.216 e. The molecule has 20 heavy (non-hydrogen) atoms. The van der Waals surface area contributed by atoms with Gasteiger partial charge in [-0.3, -0.25) is 4.79 Å². The minimum atomic E-state index is -0.574. The van der Waals surface area contributed by atoms with E-state index >= 15 is 0 Å². The Hall–Kier alpha value is -2.07. The lowest BCUT2D eigenvalue weighted by Gasteiger charge is -2.12. The molecule has 0 aromatic heterocycles. The number of hydrogen-bond acceptors (Lipinski definition) is 3. The topological polar surface area (TPSA) is 58.6 Å². The van der Waals surface area contributed by atoms with Crippen LogP contribution in [0.25, 0.3) is 10.8 Å². The first-order chi connectivity index (χ1) is 9.66. The van der Waals surface area contributed by atoms with Gasteiger partial charge in [-0.15, -0.1) is 0 Å². The SMILES string of the molecule is CC(=O)NCCc1cccc2ccc3c(c12)C(O)CO3. The molecule has 0 fully saturated rings. The van der Waals surface area contributed by atoms with Crippen molar-refractivity contribution >= 4 is 16.7 Å². The Morgan fingerprint density at radius 2 is 2.25 bits per heavy atom. The first-order valence-electron chi connectivity index (χ1n) is 6.76. The summed E-state index contributed by atoms with van der Waals surface area (Å²) in [6.07, 6.45) is 0.163. The van der Waals surface area contributed by atoms with Crippen LogP contribution < -0.4 is 10.1 Å². The molecule has 2 aromatic rings. The first kappa shape index (κ1) is 12.9. The molecule has 4 heteroatoms. The van der Waals surface area contributed by atoms with Crippen LogP contribution in [0.2, 0.25) is 0 Å². The van der Waals surface area contributed by atoms with E-state index in [0.29, 0.717) is 13.2 Å². The highest BCUT2D eigenvalue weighted by atomic mass is 16.5. The number of aliphatic hydroxyl groups excluding tert-OH is 1. The first-order valence-corrected chi connectivity index (χ1v) is 6.76. The number of benzene rings is 2. The molecule has 0 saturated heterocycles. The number of ether oxygens (including phenoxy) is 1. The molecule has 0 saturated carbocycles. The summed E-state index contributed by atoms with van der Waals surface area (Å²) in [5, 5.41) is 15.1. The molecule has 0 aliphatic carbocycles. The van der Waals surface area contributed by atoms with Crippen molar-refractivity contribution in [1.29, 1.82) is 0 Å². The highest BCUT2D eigenvalue weighted by molar-refractivity contribution is 5.91. The fourth-order valence-electron chi connectivity index (χ4n) is 2.76. The molecular weight excluding hydrogens is 254 g/mol. The number of hydrogen-bond donors (Lipinski definition) is 2. The largest absolute Gasteiger partial charge is 0.490 e. The van der Waals surface area contributed by atoms with Crippen LogP contribution in [0.4, 0.5) is 0 Å². The third-order valence-corrected chi connectivity index (χ3v) is 3.63. The van der Waals surface area contributed by atoms with E-state index in [0.717, 1.165) is 34.1 Å². The summed E-state index contributed by atoms with van der Waals surface area (Å²) in [6.45, 7) is 2.42. The second-order valence-corrected chi connectivity index (χ2v) is 5.05. The lowest BCUT2D eigenvalue weighted by Crippen LogP contribution is -2.22. The van der Waals surface area contributed by atoms with Crippen LogP contribution in [0.5, 0.6) is 5.75 Å². The number of carbonyl (C=O) groups is 1. The van der Waals surface area contributed by atoms with Crippen LogP contribution in [0.15, 0.2) is 30.3 Å². The van der Waals surface area contributed by atoms with E-state index < -0.39 is 6.10 Å². The minimum absolute atomic E-state index is 0.0289. The van der Waals surface area contributed by atoms with Gasteiger partial charge in [0.2, 0.25) is 5.91 Å². The second-order valence-electron chi connectivity index (χ2n) is 5.05. The molecule has 104 valence electrons. The maximum Gasteiger partial charge on any atom is 0.216 e. The lowest BCUT2D eigenvalue weighted by molar-refractivity contribution is -0.118. The summed E-state index contributed by atoms with van der Waals surface area (Å²) >= 11 is 0. The molecule has 1 amide bonds. The Bertz CT molecular complexity index is 666. The average molecular weight is 271 g/mol. The van der Waals surface area contributed by atoms with Gasteiger partial charge in [0.25, 0.3) is 0 Å². The maximum atomic E-state index is 11.0. The normalized spacial score (nSPS) is 16.8. The Morgan fingerprint density at radius 1 is 1.40 bits per heavy atom. The third-order valence-electron chi connectivity index (χ3n) is 3.63. The van der Waals surface area contributed by atoms with Crippen molar-refractivity contribution in [1.82, 2.24) is 5.32 Å². The number of carbonyl (C=O) groups excluding carboxylic acids is 1. The van der Waals surface area contributed by atoms with Crippen LogP contribution in [-0.2, 0) is 11.2 Å². The summed E-state index contributed by atoms with van der Waals surface area (Å²) in [5.41, 5.74) is 2.00. The zero-order chi connectivity index (χ0) is 14.1. The zero-order valence-electron chi connectivity index (χ0n) is 11.3. The fourth-order valence-corrected chi connectivity index (χ4v) is 2.76. The van der Waals surface area contributed by atoms with E-state index in [2.05, 4.69) is 5.32 Å². The molecule has 2 aromatic carbocycles. The number of amides is 1. The summed E-state index contributed by atoms with van der Waals surface area (Å²) in [5.74, 6) is 0.732. The Morgan fingerprint density at radius 3 is 3.05 bits per heavy atom. The van der Waals surface area contributed by atoms with Crippen LogP contribution in [0.3, 0.4) is 0 Å². The molecule has 3 rings (SSSR count). The highest BCUT2D eigenvalue weighted by Crippen LogP contribution is 2.39. The van der Waals surface area contributed by atoms with E-state index in [-0.39, 0.29) is 5.91 Å². The summed E-state index contributed by atoms with van der Waals surface area (Å²) in [7, 11) is 0. The molecule has 1 atom stereocenters. The molecule has 0 bridgehead atoms. The van der Waals surface area contributed by atoms with E-state index in [1.807, 2.05) is 30.3 Å². The van der Waals surface area contributed by atoms with Crippen molar-refractivity contribution in [3.8, 4) is 5.75 Å². The van der Waals surface area contributed by atoms with Gasteiger partial charge in [0, 0.05) is 19.0 Å². The quantitative estimate of drug-likeness (QED) is 0.897. The van der Waals surface area contributed by atoms with Gasteiger partial charge < -0.3 is 15.2 Å². The molecule has 1 aliphatic heterocycles. The standard InChI is InChI=1S/C16H17NO3/c1-10(18)17-8-7-12-4-2-3-11-5-6-14-16(15(11)12)13(19)9-20-14/h2-6,13,19H,7-9H2,1H3,(H,17,18).